The Kier molecular flexibility index (Phi) is 8.81. The molecular weight excluding hydrogens is 348 g/mol. The second-order valence-corrected chi connectivity index (χ2v) is 5.46. The third-order valence-corrected chi connectivity index (χ3v) is 3.64. The van der Waals surface area contributed by atoms with Crippen LogP contribution in [0.4, 0.5) is 0 Å². The van der Waals surface area contributed by atoms with E-state index in [0.29, 0.717) is 11.8 Å². The van der Waals surface area contributed by atoms with E-state index in [0.717, 1.165) is 0 Å². The zero-order valence-electron chi connectivity index (χ0n) is 8.91. The second-order valence-electron chi connectivity index (χ2n) is 2.55. The van der Waals surface area contributed by atoms with Gasteiger partial charge in [0.25, 0.3) is 0 Å². The summed E-state index contributed by atoms with van der Waals surface area (Å²) in [4.78, 5) is 21.0. The first-order valence-electron chi connectivity index (χ1n) is 4.35. The normalized spacial score (nSPS) is 11.6. The molecule has 0 saturated carbocycles. The lowest BCUT2D eigenvalue weighted by Gasteiger charge is -2.02. The molecule has 0 amide bonds. The topological polar surface area (TPSA) is 69.4 Å². The molecule has 0 fully saturated rings. The van der Waals surface area contributed by atoms with Crippen molar-refractivity contribution in [1.82, 2.24) is 0 Å². The number of hydrogen-bond donors (Lipinski definition) is 0. The van der Waals surface area contributed by atoms with Crippen molar-refractivity contribution in [2.24, 2.45) is 0 Å². The summed E-state index contributed by atoms with van der Waals surface area (Å²) in [6.45, 7) is 1.84. The molecule has 102 valence electrons. The molecule has 0 saturated heterocycles. The number of esters is 1. The standard InChI is InChI=1S/C8H7Cl4NO4S/c1-2-17-4(14)3-18-8(12)6(13(15)16)5(9)7(10)11/h2-3H2,1H3/b8-6-. The number of nitro groups is 1. The van der Waals surface area contributed by atoms with Gasteiger partial charge in [0.2, 0.25) is 0 Å². The van der Waals surface area contributed by atoms with E-state index in [1.165, 1.54) is 0 Å². The Balaban J connectivity index is 4.98. The zero-order valence-corrected chi connectivity index (χ0v) is 12.8. The van der Waals surface area contributed by atoms with Crippen LogP contribution in [0.15, 0.2) is 19.6 Å². The first kappa shape index (κ1) is 17.9. The fourth-order valence-corrected chi connectivity index (χ4v) is 2.14. The first-order chi connectivity index (χ1) is 8.31. The van der Waals surface area contributed by atoms with Crippen molar-refractivity contribution < 1.29 is 14.5 Å². The Hall–Kier alpha value is -0.140. The number of carbonyl (C=O) groups excluding carboxylic acids is 1. The summed E-state index contributed by atoms with van der Waals surface area (Å²) in [5, 5.41) is 10.3. The Bertz CT molecular complexity index is 406. The van der Waals surface area contributed by atoms with E-state index in [1.54, 1.807) is 6.92 Å². The van der Waals surface area contributed by atoms with Gasteiger partial charge in [0, 0.05) is 0 Å². The van der Waals surface area contributed by atoms with Gasteiger partial charge in [-0.25, -0.2) is 0 Å². The lowest BCUT2D eigenvalue weighted by atomic mass is 10.5. The van der Waals surface area contributed by atoms with Crippen LogP contribution in [-0.4, -0.2) is 23.3 Å². The number of rotatable bonds is 6. The minimum Gasteiger partial charge on any atom is -0.465 e. The van der Waals surface area contributed by atoms with Crippen LogP contribution in [0.2, 0.25) is 0 Å². The summed E-state index contributed by atoms with van der Waals surface area (Å²) >= 11 is 22.6. The summed E-state index contributed by atoms with van der Waals surface area (Å²) in [6.07, 6.45) is 0. The summed E-state index contributed by atoms with van der Waals surface area (Å²) < 4.78 is 3.84. The number of halogens is 4. The molecule has 0 N–H and O–H groups in total. The van der Waals surface area contributed by atoms with Gasteiger partial charge in [-0.3, -0.25) is 14.9 Å². The molecule has 0 atom stereocenters. The van der Waals surface area contributed by atoms with Crippen LogP contribution in [0.5, 0.6) is 0 Å². The number of hydrogen-bond acceptors (Lipinski definition) is 5. The number of thioether (sulfide) groups is 1. The molecule has 0 spiro atoms. The minimum absolute atomic E-state index is 0.186. The summed E-state index contributed by atoms with van der Waals surface area (Å²) in [6, 6.07) is 0. The number of allylic oxidation sites excluding steroid dienone is 1. The van der Waals surface area contributed by atoms with E-state index < -0.39 is 26.1 Å². The number of ether oxygens (including phenoxy) is 1. The average molecular weight is 355 g/mol. The van der Waals surface area contributed by atoms with Crippen LogP contribution >= 0.6 is 58.2 Å². The highest BCUT2D eigenvalue weighted by molar-refractivity contribution is 8.05. The van der Waals surface area contributed by atoms with Gasteiger partial charge in [-0.15, -0.1) is 0 Å². The van der Waals surface area contributed by atoms with Gasteiger partial charge >= 0.3 is 11.7 Å². The molecule has 0 aromatic heterocycles. The van der Waals surface area contributed by atoms with Crippen molar-refractivity contribution in [1.29, 1.82) is 0 Å². The van der Waals surface area contributed by atoms with Gasteiger partial charge in [0.15, 0.2) is 9.40 Å². The third kappa shape index (κ3) is 6.15. The zero-order chi connectivity index (χ0) is 14.3. The highest BCUT2D eigenvalue weighted by Gasteiger charge is 2.25. The molecule has 10 heteroatoms. The Morgan fingerprint density at radius 1 is 1.33 bits per heavy atom. The largest absolute Gasteiger partial charge is 0.465 e. The molecule has 0 aromatic carbocycles. The molecule has 0 rings (SSSR count). The van der Waals surface area contributed by atoms with Crippen molar-refractivity contribution in [3.8, 4) is 0 Å². The van der Waals surface area contributed by atoms with Gasteiger partial charge in [-0.05, 0) is 6.92 Å². The highest BCUT2D eigenvalue weighted by Crippen LogP contribution is 2.33. The molecule has 5 nitrogen and oxygen atoms in total. The molecule has 18 heavy (non-hydrogen) atoms. The SMILES string of the molecule is CCOC(=O)CS/C(Cl)=C(/C(Cl)=C(Cl)Cl)[N+](=O)[O-]. The van der Waals surface area contributed by atoms with E-state index in [1.807, 2.05) is 0 Å². The van der Waals surface area contributed by atoms with Crippen molar-refractivity contribution in [3.63, 3.8) is 0 Å². The predicted octanol–water partition coefficient (Wildman–Crippen LogP) is 3.85. The van der Waals surface area contributed by atoms with E-state index in [4.69, 9.17) is 46.4 Å². The van der Waals surface area contributed by atoms with Gasteiger partial charge in [-0.2, -0.15) is 0 Å². The van der Waals surface area contributed by atoms with Crippen molar-refractivity contribution >= 4 is 64.1 Å². The van der Waals surface area contributed by atoms with Crippen molar-refractivity contribution in [2.45, 2.75) is 6.92 Å². The van der Waals surface area contributed by atoms with Gasteiger partial charge in [-0.1, -0.05) is 58.2 Å². The average Bonchev–Trinajstić information content (AvgIpc) is 2.26. The van der Waals surface area contributed by atoms with Gasteiger partial charge < -0.3 is 4.74 Å². The van der Waals surface area contributed by atoms with Crippen molar-refractivity contribution in [3.05, 3.63) is 29.7 Å². The summed E-state index contributed by atoms with van der Waals surface area (Å²) in [5.41, 5.74) is -0.660. The Morgan fingerprint density at radius 2 is 1.89 bits per heavy atom. The van der Waals surface area contributed by atoms with Crippen LogP contribution in [-0.2, 0) is 9.53 Å². The second kappa shape index (κ2) is 8.87. The van der Waals surface area contributed by atoms with Crippen LogP contribution in [0.1, 0.15) is 6.92 Å². The summed E-state index contributed by atoms with van der Waals surface area (Å²) in [7, 11) is 0. The van der Waals surface area contributed by atoms with Gasteiger partial charge in [0.05, 0.1) is 17.3 Å². The Morgan fingerprint density at radius 3 is 2.28 bits per heavy atom. The fraction of sp³-hybridized carbons (Fsp3) is 0.375. The minimum atomic E-state index is -0.840. The number of nitrogens with zero attached hydrogens (tertiary/aromatic N) is 1. The van der Waals surface area contributed by atoms with Crippen LogP contribution in [0.25, 0.3) is 0 Å². The first-order valence-corrected chi connectivity index (χ1v) is 6.84. The predicted molar refractivity (Wildman–Crippen MR) is 73.5 cm³/mol. The van der Waals surface area contributed by atoms with Crippen LogP contribution < -0.4 is 0 Å². The molecule has 0 aliphatic rings. The van der Waals surface area contributed by atoms with E-state index in [9.17, 15) is 14.9 Å². The van der Waals surface area contributed by atoms with E-state index in [-0.39, 0.29) is 16.7 Å². The monoisotopic (exact) mass is 353 g/mol. The smallest absolute Gasteiger partial charge is 0.316 e. The molecule has 0 unspecified atom stereocenters. The maximum absolute atomic E-state index is 11.1. The lowest BCUT2D eigenvalue weighted by molar-refractivity contribution is -0.419. The van der Waals surface area contributed by atoms with Crippen molar-refractivity contribution in [2.75, 3.05) is 12.4 Å². The van der Waals surface area contributed by atoms with Crippen LogP contribution in [0, 0.1) is 10.1 Å². The molecule has 0 bridgehead atoms. The molecule has 0 aromatic rings. The fourth-order valence-electron chi connectivity index (χ4n) is 0.721. The number of carbonyl (C=O) groups is 1. The van der Waals surface area contributed by atoms with E-state index in [2.05, 4.69) is 4.74 Å². The van der Waals surface area contributed by atoms with Gasteiger partial charge in [0.1, 0.15) is 4.49 Å². The summed E-state index contributed by atoms with van der Waals surface area (Å²) in [5.74, 6) is -0.742. The molecule has 0 radical (unpaired) electrons. The maximum atomic E-state index is 11.1. The van der Waals surface area contributed by atoms with E-state index >= 15 is 0 Å². The lowest BCUT2D eigenvalue weighted by Crippen LogP contribution is -2.07. The Labute approximate surface area is 127 Å². The molecule has 0 aliphatic heterocycles. The highest BCUT2D eigenvalue weighted by atomic mass is 35.5. The van der Waals surface area contributed by atoms with Crippen LogP contribution in [0.3, 0.4) is 0 Å². The molecule has 0 heterocycles. The molecule has 0 aliphatic carbocycles. The molecular formula is C8H7Cl4NO4S. The maximum Gasteiger partial charge on any atom is 0.316 e. The quantitative estimate of drug-likeness (QED) is 0.313. The third-order valence-electron chi connectivity index (χ3n) is 1.36.